The summed E-state index contributed by atoms with van der Waals surface area (Å²) in [6.07, 6.45) is 0. The number of para-hydroxylation sites is 2. The van der Waals surface area contributed by atoms with Crippen LogP contribution in [0.2, 0.25) is 0 Å². The zero-order valence-electron chi connectivity index (χ0n) is 9.71. The lowest BCUT2D eigenvalue weighted by Gasteiger charge is -2.14. The zero-order valence-corrected chi connectivity index (χ0v) is 10.5. The highest BCUT2D eigenvalue weighted by Gasteiger charge is 2.28. The molecule has 1 rings (SSSR count). The molecule has 0 saturated carbocycles. The standard InChI is InChI=1S/C10H11F2NO5S/c1-6(9(14)15)19(16,17)13-7-4-2-3-5-8(7)18-10(11)12/h2-6,10,13H,1H3,(H,14,15). The lowest BCUT2D eigenvalue weighted by Crippen LogP contribution is -2.32. The van der Waals surface area contributed by atoms with E-state index in [2.05, 4.69) is 4.74 Å². The first-order valence-electron chi connectivity index (χ1n) is 5.02. The summed E-state index contributed by atoms with van der Waals surface area (Å²) in [5.41, 5.74) is -0.254. The van der Waals surface area contributed by atoms with Crippen molar-refractivity contribution in [1.29, 1.82) is 0 Å². The predicted molar refractivity (Wildman–Crippen MR) is 62.7 cm³/mol. The first-order valence-corrected chi connectivity index (χ1v) is 6.57. The largest absolute Gasteiger partial charge is 0.480 e. The number of benzene rings is 1. The van der Waals surface area contributed by atoms with E-state index in [9.17, 15) is 22.0 Å². The highest BCUT2D eigenvalue weighted by atomic mass is 32.2. The highest BCUT2D eigenvalue weighted by Crippen LogP contribution is 2.27. The number of carboxylic acids is 1. The van der Waals surface area contributed by atoms with Crippen LogP contribution in [0.15, 0.2) is 24.3 Å². The Kier molecular flexibility index (Phi) is 4.65. The van der Waals surface area contributed by atoms with Crippen LogP contribution in [0, 0.1) is 0 Å². The molecule has 6 nitrogen and oxygen atoms in total. The predicted octanol–water partition coefficient (Wildman–Crippen LogP) is 1.50. The van der Waals surface area contributed by atoms with E-state index in [1.807, 2.05) is 4.72 Å². The molecule has 0 bridgehead atoms. The molecule has 0 amide bonds. The van der Waals surface area contributed by atoms with Gasteiger partial charge in [0.2, 0.25) is 10.0 Å². The Bertz CT molecular complexity index is 561. The third-order valence-corrected chi connectivity index (χ3v) is 3.81. The average Bonchev–Trinajstić information content (AvgIpc) is 2.29. The van der Waals surface area contributed by atoms with Crippen molar-refractivity contribution < 1.29 is 31.8 Å². The highest BCUT2D eigenvalue weighted by molar-refractivity contribution is 7.94. The van der Waals surface area contributed by atoms with Crippen LogP contribution >= 0.6 is 0 Å². The van der Waals surface area contributed by atoms with E-state index in [0.29, 0.717) is 0 Å². The van der Waals surface area contributed by atoms with Gasteiger partial charge in [0.25, 0.3) is 0 Å². The summed E-state index contributed by atoms with van der Waals surface area (Å²) in [7, 11) is -4.25. The Hall–Kier alpha value is -1.90. The minimum Gasteiger partial charge on any atom is -0.480 e. The number of nitrogens with one attached hydrogen (secondary N) is 1. The van der Waals surface area contributed by atoms with Crippen LogP contribution in [0.3, 0.4) is 0 Å². The molecule has 0 heterocycles. The Balaban J connectivity index is 3.03. The van der Waals surface area contributed by atoms with Crippen molar-refractivity contribution >= 4 is 21.7 Å². The van der Waals surface area contributed by atoms with E-state index in [1.54, 1.807) is 0 Å². The Labute approximate surface area is 108 Å². The average molecular weight is 295 g/mol. The molecule has 0 fully saturated rings. The normalized spacial score (nSPS) is 13.1. The van der Waals surface area contributed by atoms with Crippen LogP contribution in [-0.2, 0) is 14.8 Å². The molecular weight excluding hydrogens is 284 g/mol. The third kappa shape index (κ3) is 4.05. The summed E-state index contributed by atoms with van der Waals surface area (Å²) < 4.78 is 53.6. The number of halogens is 2. The van der Waals surface area contributed by atoms with Crippen molar-refractivity contribution in [2.24, 2.45) is 0 Å². The number of ether oxygens (including phenoxy) is 1. The topological polar surface area (TPSA) is 92.7 Å². The van der Waals surface area contributed by atoms with Crippen molar-refractivity contribution in [3.8, 4) is 5.75 Å². The molecule has 0 spiro atoms. The van der Waals surface area contributed by atoms with Gasteiger partial charge in [-0.1, -0.05) is 12.1 Å². The molecule has 1 unspecified atom stereocenters. The molecule has 106 valence electrons. The maximum Gasteiger partial charge on any atom is 0.387 e. The molecule has 0 aromatic heterocycles. The molecule has 9 heteroatoms. The molecule has 1 aromatic rings. The van der Waals surface area contributed by atoms with Gasteiger partial charge in [-0.2, -0.15) is 8.78 Å². The summed E-state index contributed by atoms with van der Waals surface area (Å²) in [5, 5.41) is 6.91. The fourth-order valence-corrected chi connectivity index (χ4v) is 2.04. The van der Waals surface area contributed by atoms with Crippen molar-refractivity contribution in [3.63, 3.8) is 0 Å². The quantitative estimate of drug-likeness (QED) is 0.829. The van der Waals surface area contributed by atoms with Crippen molar-refractivity contribution in [3.05, 3.63) is 24.3 Å². The number of anilines is 1. The van der Waals surface area contributed by atoms with Crippen LogP contribution in [0.25, 0.3) is 0 Å². The van der Waals surface area contributed by atoms with Gasteiger partial charge in [0.15, 0.2) is 5.25 Å². The second-order valence-corrected chi connectivity index (χ2v) is 5.50. The van der Waals surface area contributed by atoms with E-state index >= 15 is 0 Å². The van der Waals surface area contributed by atoms with Gasteiger partial charge < -0.3 is 9.84 Å². The van der Waals surface area contributed by atoms with Crippen LogP contribution < -0.4 is 9.46 Å². The maximum absolute atomic E-state index is 12.1. The molecule has 0 saturated heterocycles. The maximum atomic E-state index is 12.1. The van der Waals surface area contributed by atoms with Gasteiger partial charge in [-0.05, 0) is 19.1 Å². The fourth-order valence-electron chi connectivity index (χ4n) is 1.12. The van der Waals surface area contributed by atoms with Crippen LogP contribution in [0.5, 0.6) is 5.75 Å². The van der Waals surface area contributed by atoms with Crippen LogP contribution in [0.4, 0.5) is 14.5 Å². The number of hydrogen-bond acceptors (Lipinski definition) is 4. The molecule has 0 aliphatic carbocycles. The Morgan fingerprint density at radius 2 is 1.95 bits per heavy atom. The number of alkyl halides is 2. The summed E-state index contributed by atoms with van der Waals surface area (Å²) in [6, 6.07) is 5.08. The van der Waals surface area contributed by atoms with E-state index in [1.165, 1.54) is 18.2 Å². The number of hydrogen-bond donors (Lipinski definition) is 2. The van der Waals surface area contributed by atoms with E-state index < -0.39 is 33.6 Å². The molecule has 1 aromatic carbocycles. The zero-order chi connectivity index (χ0) is 14.6. The monoisotopic (exact) mass is 295 g/mol. The summed E-state index contributed by atoms with van der Waals surface area (Å²) >= 11 is 0. The number of aliphatic carboxylic acids is 1. The summed E-state index contributed by atoms with van der Waals surface area (Å²) in [6.45, 7) is -2.16. The van der Waals surface area contributed by atoms with Gasteiger partial charge >= 0.3 is 12.6 Å². The van der Waals surface area contributed by atoms with Gasteiger partial charge in [0.05, 0.1) is 5.69 Å². The second kappa shape index (κ2) is 5.83. The van der Waals surface area contributed by atoms with Crippen molar-refractivity contribution in [2.45, 2.75) is 18.8 Å². The Morgan fingerprint density at radius 1 is 1.37 bits per heavy atom. The number of rotatable bonds is 6. The van der Waals surface area contributed by atoms with Crippen LogP contribution in [-0.4, -0.2) is 31.4 Å². The molecule has 1 atom stereocenters. The number of carbonyl (C=O) groups is 1. The van der Waals surface area contributed by atoms with Gasteiger partial charge in [0, 0.05) is 0 Å². The van der Waals surface area contributed by atoms with E-state index in [4.69, 9.17) is 5.11 Å². The molecule has 19 heavy (non-hydrogen) atoms. The lowest BCUT2D eigenvalue weighted by atomic mass is 10.3. The summed E-state index contributed by atoms with van der Waals surface area (Å²) in [4.78, 5) is 10.6. The van der Waals surface area contributed by atoms with Crippen molar-refractivity contribution in [1.82, 2.24) is 0 Å². The molecule has 0 aliphatic heterocycles. The number of carboxylic acid groups (broad SMARTS) is 1. The molecule has 0 aliphatic rings. The van der Waals surface area contributed by atoms with Gasteiger partial charge in [-0.15, -0.1) is 0 Å². The second-order valence-electron chi connectivity index (χ2n) is 3.50. The van der Waals surface area contributed by atoms with Crippen LogP contribution in [0.1, 0.15) is 6.92 Å². The molecule has 2 N–H and O–H groups in total. The lowest BCUT2D eigenvalue weighted by molar-refractivity contribution is -0.136. The Morgan fingerprint density at radius 3 is 2.47 bits per heavy atom. The minimum absolute atomic E-state index is 0.254. The minimum atomic E-state index is -4.25. The summed E-state index contributed by atoms with van der Waals surface area (Å²) in [5.74, 6) is -1.95. The van der Waals surface area contributed by atoms with Crippen molar-refractivity contribution in [2.75, 3.05) is 4.72 Å². The van der Waals surface area contributed by atoms with Gasteiger partial charge in [-0.3, -0.25) is 9.52 Å². The van der Waals surface area contributed by atoms with Gasteiger partial charge in [0.1, 0.15) is 5.75 Å². The third-order valence-electron chi connectivity index (χ3n) is 2.17. The van der Waals surface area contributed by atoms with E-state index in [0.717, 1.165) is 13.0 Å². The first-order chi connectivity index (χ1) is 8.74. The fraction of sp³-hybridized carbons (Fsp3) is 0.300. The first kappa shape index (κ1) is 15.2. The molecule has 0 radical (unpaired) electrons. The molecular formula is C10H11F2NO5S. The number of sulfonamides is 1. The van der Waals surface area contributed by atoms with Gasteiger partial charge in [-0.25, -0.2) is 8.42 Å². The van der Waals surface area contributed by atoms with E-state index in [-0.39, 0.29) is 5.69 Å². The SMILES string of the molecule is CC(C(=O)O)S(=O)(=O)Nc1ccccc1OC(F)F. The smallest absolute Gasteiger partial charge is 0.387 e.